The molecule has 2 fully saturated rings. The van der Waals surface area contributed by atoms with E-state index in [2.05, 4.69) is 9.88 Å². The highest BCUT2D eigenvalue weighted by Crippen LogP contribution is 2.41. The summed E-state index contributed by atoms with van der Waals surface area (Å²) in [6, 6.07) is 11.3. The third-order valence-corrected chi connectivity index (χ3v) is 7.46. The Hall–Kier alpha value is -3.26. The average Bonchev–Trinajstić information content (AvgIpc) is 2.85. The highest BCUT2D eigenvalue weighted by molar-refractivity contribution is 6.30. The van der Waals surface area contributed by atoms with Gasteiger partial charge in [0.15, 0.2) is 11.5 Å². The van der Waals surface area contributed by atoms with E-state index in [9.17, 15) is 4.79 Å². The number of nitrogens with zero attached hydrogens (tertiary/aromatic N) is 4. The van der Waals surface area contributed by atoms with Crippen LogP contribution in [0.1, 0.15) is 30.7 Å². The van der Waals surface area contributed by atoms with Gasteiger partial charge in [0.2, 0.25) is 11.9 Å². The summed E-state index contributed by atoms with van der Waals surface area (Å²) < 4.78 is 10.8. The predicted octanol–water partition coefficient (Wildman–Crippen LogP) is 4.12. The van der Waals surface area contributed by atoms with E-state index in [1.54, 1.807) is 20.3 Å². The number of piperazine rings is 1. The fraction of sp³-hybridized carbons (Fsp3) is 0.423. The first-order valence-corrected chi connectivity index (χ1v) is 12.3. The van der Waals surface area contributed by atoms with Gasteiger partial charge in [0.1, 0.15) is 5.82 Å². The summed E-state index contributed by atoms with van der Waals surface area (Å²) in [4.78, 5) is 27.0. The van der Waals surface area contributed by atoms with Gasteiger partial charge in [-0.15, -0.1) is 0 Å². The molecule has 35 heavy (non-hydrogen) atoms. The summed E-state index contributed by atoms with van der Waals surface area (Å²) in [7, 11) is 3.17. The van der Waals surface area contributed by atoms with Crippen LogP contribution in [0.3, 0.4) is 0 Å². The molecule has 1 aliphatic carbocycles. The molecule has 1 atom stereocenters. The number of aromatic nitrogens is 2. The number of halogens is 1. The quantitative estimate of drug-likeness (QED) is 0.549. The SMILES string of the molecule is COc1cc2nc(N3CCN(C(=O)C(c4ccc(Cl)cc4)C4CCC4)CC3)nc(N)c2cc1OC. The van der Waals surface area contributed by atoms with Crippen LogP contribution in [-0.2, 0) is 4.79 Å². The van der Waals surface area contributed by atoms with Crippen molar-refractivity contribution in [3.63, 3.8) is 0 Å². The molecule has 1 saturated carbocycles. The van der Waals surface area contributed by atoms with E-state index in [4.69, 9.17) is 31.8 Å². The molecular weight excluding hydrogens is 466 g/mol. The van der Waals surface area contributed by atoms with E-state index in [0.717, 1.165) is 18.4 Å². The van der Waals surface area contributed by atoms with Crippen LogP contribution in [0.2, 0.25) is 5.02 Å². The van der Waals surface area contributed by atoms with Crippen molar-refractivity contribution >= 4 is 40.2 Å². The van der Waals surface area contributed by atoms with Crippen LogP contribution in [-0.4, -0.2) is 61.2 Å². The van der Waals surface area contributed by atoms with E-state index < -0.39 is 0 Å². The number of carbonyl (C=O) groups excluding carboxylic acids is 1. The zero-order valence-corrected chi connectivity index (χ0v) is 20.8. The van der Waals surface area contributed by atoms with Crippen molar-refractivity contribution in [1.29, 1.82) is 0 Å². The minimum atomic E-state index is -0.109. The van der Waals surface area contributed by atoms with Gasteiger partial charge < -0.3 is 25.0 Å². The Morgan fingerprint density at radius 2 is 1.69 bits per heavy atom. The zero-order chi connectivity index (χ0) is 24.5. The summed E-state index contributed by atoms with van der Waals surface area (Å²) in [6.45, 7) is 2.51. The van der Waals surface area contributed by atoms with Gasteiger partial charge >= 0.3 is 0 Å². The third-order valence-electron chi connectivity index (χ3n) is 7.21. The van der Waals surface area contributed by atoms with E-state index in [1.807, 2.05) is 35.2 Å². The second kappa shape index (κ2) is 9.77. The minimum Gasteiger partial charge on any atom is -0.493 e. The van der Waals surface area contributed by atoms with Gasteiger partial charge in [0, 0.05) is 42.7 Å². The number of benzene rings is 2. The van der Waals surface area contributed by atoms with Crippen LogP contribution < -0.4 is 20.1 Å². The monoisotopic (exact) mass is 495 g/mol. The molecule has 0 spiro atoms. The van der Waals surface area contributed by atoms with E-state index in [-0.39, 0.29) is 11.8 Å². The summed E-state index contributed by atoms with van der Waals surface area (Å²) in [6.07, 6.45) is 3.38. The first-order valence-electron chi connectivity index (χ1n) is 12.0. The number of fused-ring (bicyclic) bond motifs is 1. The Bertz CT molecular complexity index is 1220. The van der Waals surface area contributed by atoms with Gasteiger partial charge in [-0.1, -0.05) is 30.2 Å². The maximum absolute atomic E-state index is 13.6. The number of ether oxygens (including phenoxy) is 2. The number of nitrogen functional groups attached to an aromatic ring is 1. The second-order valence-corrected chi connectivity index (χ2v) is 9.60. The van der Waals surface area contributed by atoms with Crippen molar-refractivity contribution in [2.24, 2.45) is 5.92 Å². The number of carbonyl (C=O) groups is 1. The van der Waals surface area contributed by atoms with Crippen molar-refractivity contribution < 1.29 is 14.3 Å². The molecule has 2 aromatic carbocycles. The van der Waals surface area contributed by atoms with Crippen molar-refractivity contribution in [2.75, 3.05) is 51.0 Å². The van der Waals surface area contributed by atoms with Crippen LogP contribution in [0.4, 0.5) is 11.8 Å². The van der Waals surface area contributed by atoms with Gasteiger partial charge in [0.05, 0.1) is 25.7 Å². The second-order valence-electron chi connectivity index (χ2n) is 9.17. The van der Waals surface area contributed by atoms with E-state index in [1.165, 1.54) is 6.42 Å². The number of nitrogens with two attached hydrogens (primary N) is 1. The molecule has 1 amide bonds. The lowest BCUT2D eigenvalue weighted by Gasteiger charge is -2.40. The Balaban J connectivity index is 1.33. The van der Waals surface area contributed by atoms with Crippen molar-refractivity contribution in [2.45, 2.75) is 25.2 Å². The van der Waals surface area contributed by atoms with Gasteiger partial charge in [-0.05, 0) is 42.5 Å². The Morgan fingerprint density at radius 1 is 1.03 bits per heavy atom. The van der Waals surface area contributed by atoms with E-state index >= 15 is 0 Å². The standard InChI is InChI=1S/C26H30ClN5O3/c1-34-21-14-19-20(15-22(21)35-2)29-26(30-24(19)28)32-12-10-31(11-13-32)25(33)23(16-4-3-5-16)17-6-8-18(27)9-7-17/h6-9,14-16,23H,3-5,10-13H2,1-2H3,(H2,28,29,30). The highest BCUT2D eigenvalue weighted by Gasteiger charge is 2.37. The topological polar surface area (TPSA) is 93.8 Å². The van der Waals surface area contributed by atoms with Crippen LogP contribution in [0.5, 0.6) is 11.5 Å². The number of rotatable bonds is 6. The smallest absolute Gasteiger partial charge is 0.230 e. The van der Waals surface area contributed by atoms with Crippen LogP contribution in [0.15, 0.2) is 36.4 Å². The number of methoxy groups -OCH3 is 2. The van der Waals surface area contributed by atoms with Crippen molar-refractivity contribution in [3.05, 3.63) is 47.0 Å². The summed E-state index contributed by atoms with van der Waals surface area (Å²) in [5.41, 5.74) is 8.02. The Labute approximate surface area is 210 Å². The Kier molecular flexibility index (Phi) is 6.56. The lowest BCUT2D eigenvalue weighted by atomic mass is 9.72. The fourth-order valence-corrected chi connectivity index (χ4v) is 5.12. The molecule has 1 saturated heterocycles. The van der Waals surface area contributed by atoms with Crippen LogP contribution >= 0.6 is 11.6 Å². The molecule has 0 radical (unpaired) electrons. The fourth-order valence-electron chi connectivity index (χ4n) is 4.99. The number of hydrogen-bond acceptors (Lipinski definition) is 7. The maximum Gasteiger partial charge on any atom is 0.230 e. The lowest BCUT2D eigenvalue weighted by molar-refractivity contribution is -0.135. The number of anilines is 2. The molecule has 184 valence electrons. The van der Waals surface area contributed by atoms with Crippen LogP contribution in [0, 0.1) is 5.92 Å². The molecular formula is C26H30ClN5O3. The number of hydrogen-bond donors (Lipinski definition) is 1. The molecule has 0 bridgehead atoms. The number of amides is 1. The van der Waals surface area contributed by atoms with Crippen LogP contribution in [0.25, 0.3) is 10.9 Å². The first kappa shape index (κ1) is 23.5. The van der Waals surface area contributed by atoms with Crippen molar-refractivity contribution in [3.8, 4) is 11.5 Å². The molecule has 5 rings (SSSR count). The summed E-state index contributed by atoms with van der Waals surface area (Å²) >= 11 is 6.09. The molecule has 2 aliphatic rings. The maximum atomic E-state index is 13.6. The Morgan fingerprint density at radius 3 is 2.29 bits per heavy atom. The highest BCUT2D eigenvalue weighted by atomic mass is 35.5. The van der Waals surface area contributed by atoms with Gasteiger partial charge in [-0.2, -0.15) is 4.98 Å². The molecule has 1 aromatic heterocycles. The molecule has 2 heterocycles. The largest absolute Gasteiger partial charge is 0.493 e. The molecule has 9 heteroatoms. The van der Waals surface area contributed by atoms with Gasteiger partial charge in [0.25, 0.3) is 0 Å². The normalized spacial score (nSPS) is 17.2. The molecule has 2 N–H and O–H groups in total. The van der Waals surface area contributed by atoms with E-state index in [0.29, 0.717) is 71.3 Å². The first-order chi connectivity index (χ1) is 17.0. The summed E-state index contributed by atoms with van der Waals surface area (Å²) in [5.74, 6) is 2.60. The molecule has 1 aliphatic heterocycles. The average molecular weight is 496 g/mol. The molecule has 3 aromatic rings. The predicted molar refractivity (Wildman–Crippen MR) is 137 cm³/mol. The molecule has 8 nitrogen and oxygen atoms in total. The molecule has 1 unspecified atom stereocenters. The van der Waals surface area contributed by atoms with Gasteiger partial charge in [-0.3, -0.25) is 4.79 Å². The lowest BCUT2D eigenvalue weighted by Crippen LogP contribution is -2.51. The summed E-state index contributed by atoms with van der Waals surface area (Å²) in [5, 5.41) is 1.40. The third kappa shape index (κ3) is 4.55. The van der Waals surface area contributed by atoms with Crippen molar-refractivity contribution in [1.82, 2.24) is 14.9 Å². The zero-order valence-electron chi connectivity index (χ0n) is 20.0. The van der Waals surface area contributed by atoms with Gasteiger partial charge in [-0.25, -0.2) is 4.98 Å². The minimum absolute atomic E-state index is 0.109.